The zero-order valence-corrected chi connectivity index (χ0v) is 13.9. The van der Waals surface area contributed by atoms with E-state index in [0.29, 0.717) is 29.9 Å². The van der Waals surface area contributed by atoms with Crippen LogP contribution >= 0.6 is 0 Å². The number of ketones is 1. The maximum absolute atomic E-state index is 12.3. The molecule has 2 aliphatic carbocycles. The number of carbonyl (C=O) groups is 3. The first-order chi connectivity index (χ1) is 12.1. The van der Waals surface area contributed by atoms with Crippen LogP contribution in [0.25, 0.3) is 0 Å². The fourth-order valence-electron chi connectivity index (χ4n) is 3.80. The summed E-state index contributed by atoms with van der Waals surface area (Å²) in [6, 6.07) is 8.62. The lowest BCUT2D eigenvalue weighted by Crippen LogP contribution is -2.40. The first-order valence-corrected chi connectivity index (χ1v) is 8.58. The third-order valence-electron chi connectivity index (χ3n) is 5.05. The molecule has 1 aromatic carbocycles. The number of esters is 1. The molecule has 1 amide bonds. The molecule has 6 heteroatoms. The Labute approximate surface area is 146 Å². The van der Waals surface area contributed by atoms with Crippen LogP contribution in [-0.4, -0.2) is 24.3 Å². The van der Waals surface area contributed by atoms with E-state index >= 15 is 0 Å². The maximum atomic E-state index is 12.3. The number of ether oxygens (including phenoxy) is 1. The first kappa shape index (κ1) is 17.2. The largest absolute Gasteiger partial charge is 0.455 e. The number of benzene rings is 1. The van der Waals surface area contributed by atoms with Gasteiger partial charge >= 0.3 is 5.97 Å². The Hall–Kier alpha value is -2.68. The molecule has 3 atom stereocenters. The number of hydrogen-bond donors (Lipinski definition) is 1. The van der Waals surface area contributed by atoms with E-state index in [9.17, 15) is 14.4 Å². The summed E-state index contributed by atoms with van der Waals surface area (Å²) in [7, 11) is 0. The summed E-state index contributed by atoms with van der Waals surface area (Å²) in [6.07, 6.45) is 3.82. The van der Waals surface area contributed by atoms with Crippen molar-refractivity contribution in [2.75, 3.05) is 11.9 Å². The van der Waals surface area contributed by atoms with Gasteiger partial charge in [0, 0.05) is 11.8 Å². The van der Waals surface area contributed by atoms with Crippen LogP contribution in [0.1, 0.15) is 37.7 Å². The number of nitrogens with zero attached hydrogens (tertiary/aromatic N) is 1. The summed E-state index contributed by atoms with van der Waals surface area (Å²) in [5, 5.41) is 11.6. The van der Waals surface area contributed by atoms with E-state index in [-0.39, 0.29) is 17.8 Å². The lowest BCUT2D eigenvalue weighted by molar-refractivity contribution is -0.155. The molecule has 0 heterocycles. The van der Waals surface area contributed by atoms with Gasteiger partial charge in [0.2, 0.25) is 0 Å². The van der Waals surface area contributed by atoms with Gasteiger partial charge in [-0.05, 0) is 37.8 Å². The Morgan fingerprint density at radius 2 is 1.88 bits per heavy atom. The number of rotatable bonds is 4. The summed E-state index contributed by atoms with van der Waals surface area (Å²) < 4.78 is 5.14. The van der Waals surface area contributed by atoms with Crippen molar-refractivity contribution >= 4 is 23.3 Å². The van der Waals surface area contributed by atoms with Crippen LogP contribution < -0.4 is 5.32 Å². The Morgan fingerprint density at radius 1 is 1.20 bits per heavy atom. The average Bonchev–Trinajstić information content (AvgIpc) is 2.60. The zero-order valence-electron chi connectivity index (χ0n) is 13.9. The highest BCUT2D eigenvalue weighted by atomic mass is 16.5. The van der Waals surface area contributed by atoms with Crippen molar-refractivity contribution in [2.24, 2.45) is 17.8 Å². The molecule has 25 heavy (non-hydrogen) atoms. The molecule has 1 N–H and O–H groups in total. The molecule has 1 unspecified atom stereocenters. The fraction of sp³-hybridized carbons (Fsp3) is 0.474. The lowest BCUT2D eigenvalue weighted by Gasteiger charge is -2.36. The van der Waals surface area contributed by atoms with E-state index in [1.807, 2.05) is 6.07 Å². The Kier molecular flexibility index (Phi) is 5.13. The van der Waals surface area contributed by atoms with Gasteiger partial charge in [0.25, 0.3) is 5.91 Å². The van der Waals surface area contributed by atoms with Crippen molar-refractivity contribution in [3.8, 4) is 6.07 Å². The lowest BCUT2D eigenvalue weighted by atomic mass is 9.67. The van der Waals surface area contributed by atoms with E-state index in [4.69, 9.17) is 10.00 Å². The minimum absolute atomic E-state index is 0.0265. The van der Waals surface area contributed by atoms with E-state index in [0.717, 1.165) is 19.3 Å². The summed E-state index contributed by atoms with van der Waals surface area (Å²) in [5.74, 6) is -0.952. The topological polar surface area (TPSA) is 96.3 Å². The van der Waals surface area contributed by atoms with Gasteiger partial charge in [0.1, 0.15) is 11.9 Å². The second-order valence-electron chi connectivity index (χ2n) is 6.71. The molecule has 2 bridgehead atoms. The van der Waals surface area contributed by atoms with Crippen molar-refractivity contribution in [2.45, 2.75) is 32.1 Å². The molecule has 2 saturated carbocycles. The minimum atomic E-state index is -0.483. The smallest absolute Gasteiger partial charge is 0.309 e. The van der Waals surface area contributed by atoms with Crippen molar-refractivity contribution in [1.82, 2.24) is 0 Å². The van der Waals surface area contributed by atoms with Crippen LogP contribution in [0.3, 0.4) is 0 Å². The standard InChI is InChI=1S/C19H20N2O4/c20-10-14-4-1-2-7-16(14)21-17(22)11-25-19(24)15-8-12-5-3-6-13(9-15)18(12)23/h1-2,4,7,12-13,15H,3,5-6,8-9,11H2,(H,21,22)/t12-,13+,15?. The predicted octanol–water partition coefficient (Wildman–Crippen LogP) is 2.44. The third kappa shape index (κ3) is 3.87. The number of carbonyl (C=O) groups excluding carboxylic acids is 3. The van der Waals surface area contributed by atoms with Gasteiger partial charge in [0.15, 0.2) is 6.61 Å². The molecule has 0 radical (unpaired) electrons. The monoisotopic (exact) mass is 340 g/mol. The van der Waals surface area contributed by atoms with Crippen LogP contribution in [0.5, 0.6) is 0 Å². The highest BCUT2D eigenvalue weighted by molar-refractivity contribution is 5.94. The van der Waals surface area contributed by atoms with Crippen molar-refractivity contribution in [3.63, 3.8) is 0 Å². The predicted molar refractivity (Wildman–Crippen MR) is 89.3 cm³/mol. The maximum Gasteiger partial charge on any atom is 0.309 e. The van der Waals surface area contributed by atoms with Gasteiger partial charge in [-0.15, -0.1) is 0 Å². The molecule has 130 valence electrons. The van der Waals surface area contributed by atoms with Crippen LogP contribution in [0, 0.1) is 29.1 Å². The van der Waals surface area contributed by atoms with Crippen molar-refractivity contribution in [1.29, 1.82) is 5.26 Å². The summed E-state index contributed by atoms with van der Waals surface area (Å²) in [4.78, 5) is 36.3. The first-order valence-electron chi connectivity index (χ1n) is 8.58. The molecular formula is C19H20N2O4. The SMILES string of the molecule is N#Cc1ccccc1NC(=O)COC(=O)C1C[C@H]2CCC[C@@H](C1)C2=O. The summed E-state index contributed by atoms with van der Waals surface area (Å²) in [6.45, 7) is -0.391. The number of amides is 1. The molecule has 0 aliphatic heterocycles. The summed E-state index contributed by atoms with van der Waals surface area (Å²) in [5.41, 5.74) is 0.740. The number of para-hydroxylation sites is 1. The normalized spacial score (nSPS) is 24.9. The van der Waals surface area contributed by atoms with Crippen LogP contribution in [-0.2, 0) is 19.1 Å². The number of nitriles is 1. The highest BCUT2D eigenvalue weighted by Gasteiger charge is 2.41. The molecule has 6 nitrogen and oxygen atoms in total. The van der Waals surface area contributed by atoms with Gasteiger partial charge in [-0.25, -0.2) is 0 Å². The summed E-state index contributed by atoms with van der Waals surface area (Å²) >= 11 is 0. The minimum Gasteiger partial charge on any atom is -0.455 e. The van der Waals surface area contributed by atoms with Gasteiger partial charge in [-0.2, -0.15) is 5.26 Å². The van der Waals surface area contributed by atoms with E-state index in [2.05, 4.69) is 5.32 Å². The second-order valence-corrected chi connectivity index (χ2v) is 6.71. The number of Topliss-reactive ketones (excluding diaryl/α,β-unsaturated/α-hetero) is 1. The van der Waals surface area contributed by atoms with Gasteiger partial charge in [-0.3, -0.25) is 14.4 Å². The van der Waals surface area contributed by atoms with Crippen molar-refractivity contribution < 1.29 is 19.1 Å². The molecular weight excluding hydrogens is 320 g/mol. The van der Waals surface area contributed by atoms with E-state index in [1.54, 1.807) is 24.3 Å². The van der Waals surface area contributed by atoms with Crippen molar-refractivity contribution in [3.05, 3.63) is 29.8 Å². The van der Waals surface area contributed by atoms with E-state index in [1.165, 1.54) is 0 Å². The second kappa shape index (κ2) is 7.47. The number of nitrogens with one attached hydrogen (secondary N) is 1. The third-order valence-corrected chi connectivity index (χ3v) is 5.05. The highest BCUT2D eigenvalue weighted by Crippen LogP contribution is 2.40. The molecule has 3 rings (SSSR count). The molecule has 2 aliphatic rings. The Bertz CT molecular complexity index is 721. The van der Waals surface area contributed by atoms with Crippen LogP contribution in [0.4, 0.5) is 5.69 Å². The van der Waals surface area contributed by atoms with E-state index < -0.39 is 18.5 Å². The zero-order chi connectivity index (χ0) is 17.8. The quantitative estimate of drug-likeness (QED) is 0.849. The molecule has 1 aromatic rings. The Balaban J connectivity index is 1.51. The van der Waals surface area contributed by atoms with Gasteiger partial charge < -0.3 is 10.1 Å². The number of hydrogen-bond acceptors (Lipinski definition) is 5. The van der Waals surface area contributed by atoms with Gasteiger partial charge in [0.05, 0.1) is 17.2 Å². The van der Waals surface area contributed by atoms with Crippen LogP contribution in [0.15, 0.2) is 24.3 Å². The molecule has 2 fully saturated rings. The molecule has 0 saturated heterocycles. The average molecular weight is 340 g/mol. The van der Waals surface area contributed by atoms with Crippen LogP contribution in [0.2, 0.25) is 0 Å². The van der Waals surface area contributed by atoms with Gasteiger partial charge in [-0.1, -0.05) is 18.6 Å². The molecule has 0 spiro atoms. The molecule has 0 aromatic heterocycles. The Morgan fingerprint density at radius 3 is 2.56 bits per heavy atom. The number of fused-ring (bicyclic) bond motifs is 2. The number of anilines is 1. The fourth-order valence-corrected chi connectivity index (χ4v) is 3.80.